The minimum absolute atomic E-state index is 0.0368. The van der Waals surface area contributed by atoms with E-state index in [1.165, 1.54) is 29.8 Å². The van der Waals surface area contributed by atoms with Crippen LogP contribution < -0.4 is 25.3 Å². The Morgan fingerprint density at radius 1 is 0.882 bits per heavy atom. The van der Waals surface area contributed by atoms with Crippen LogP contribution in [0.25, 0.3) is 21.1 Å². The van der Waals surface area contributed by atoms with E-state index in [9.17, 15) is 0 Å². The normalized spacial score (nSPS) is 10.9. The average Bonchev–Trinajstić information content (AvgIpc) is 3.43. The van der Waals surface area contributed by atoms with E-state index in [4.69, 9.17) is 66.3 Å². The van der Waals surface area contributed by atoms with Crippen molar-refractivity contribution in [2.75, 3.05) is 32.4 Å². The lowest BCUT2D eigenvalue weighted by molar-refractivity contribution is 0.324. The second-order valence-electron chi connectivity index (χ2n) is 6.51. The highest BCUT2D eigenvalue weighted by Gasteiger charge is 2.22. The van der Waals surface area contributed by atoms with Gasteiger partial charge in [0.25, 0.3) is 0 Å². The van der Waals surface area contributed by atoms with Gasteiger partial charge in [0.15, 0.2) is 16.6 Å². The van der Waals surface area contributed by atoms with Crippen LogP contribution in [-0.4, -0.2) is 36.3 Å². The van der Waals surface area contributed by atoms with Gasteiger partial charge in [0, 0.05) is 28.8 Å². The predicted molar refractivity (Wildman–Crippen MR) is 140 cm³/mol. The van der Waals surface area contributed by atoms with E-state index in [2.05, 4.69) is 20.3 Å². The molecule has 0 fully saturated rings. The zero-order chi connectivity index (χ0) is 24.6. The number of thiazole rings is 2. The fourth-order valence-corrected chi connectivity index (χ4v) is 5.75. The summed E-state index contributed by atoms with van der Waals surface area (Å²) >= 11 is 27.4. The fraction of sp³-hybridized carbons (Fsp3) is 0.150. The third-order valence-electron chi connectivity index (χ3n) is 4.52. The summed E-state index contributed by atoms with van der Waals surface area (Å²) in [5, 5.41) is 6.56. The molecule has 0 unspecified atom stereocenters. The van der Waals surface area contributed by atoms with Crippen LogP contribution in [-0.2, 0) is 0 Å². The van der Waals surface area contributed by atoms with Gasteiger partial charge in [0.05, 0.1) is 37.1 Å². The van der Waals surface area contributed by atoms with Crippen LogP contribution in [0.4, 0.5) is 16.6 Å². The van der Waals surface area contributed by atoms with Crippen molar-refractivity contribution in [2.45, 2.75) is 0 Å². The molecule has 0 spiro atoms. The van der Waals surface area contributed by atoms with Gasteiger partial charge in [-0.2, -0.15) is 0 Å². The number of benzene rings is 1. The van der Waals surface area contributed by atoms with Gasteiger partial charge in [-0.05, 0) is 0 Å². The first kappa shape index (κ1) is 24.9. The number of aromatic nitrogens is 3. The zero-order valence-corrected chi connectivity index (χ0v) is 22.4. The Morgan fingerprint density at radius 2 is 1.50 bits per heavy atom. The van der Waals surface area contributed by atoms with Crippen molar-refractivity contribution in [3.8, 4) is 38.4 Å². The standard InChI is InChI=1S/C20H15Cl4N5O3S2/c1-30-9-4-7(5-10(31-2)14(9)32-3)26-20-29-18(25)15(34-20)19-27-8(6-33-19)11-12(21)16(23)28-17(24)13(11)22/h4-6H,25H2,1-3H3,(H,26,29). The summed E-state index contributed by atoms with van der Waals surface area (Å²) in [4.78, 5) is 13.6. The summed E-state index contributed by atoms with van der Waals surface area (Å²) in [6.07, 6.45) is 0. The monoisotopic (exact) mass is 577 g/mol. The van der Waals surface area contributed by atoms with Crippen LogP contribution in [0.1, 0.15) is 0 Å². The van der Waals surface area contributed by atoms with Crippen molar-refractivity contribution in [1.82, 2.24) is 15.0 Å². The van der Waals surface area contributed by atoms with Crippen LogP contribution in [0.3, 0.4) is 0 Å². The van der Waals surface area contributed by atoms with E-state index in [0.29, 0.717) is 55.0 Å². The van der Waals surface area contributed by atoms with Crippen LogP contribution in [0.15, 0.2) is 17.5 Å². The molecule has 0 aliphatic carbocycles. The molecule has 1 aromatic carbocycles. The van der Waals surface area contributed by atoms with Crippen LogP contribution in [0.2, 0.25) is 20.4 Å². The molecule has 3 aromatic heterocycles. The number of nitrogen functional groups attached to an aromatic ring is 1. The lowest BCUT2D eigenvalue weighted by Gasteiger charge is -2.14. The van der Waals surface area contributed by atoms with Gasteiger partial charge in [-0.3, -0.25) is 0 Å². The summed E-state index contributed by atoms with van der Waals surface area (Å²) in [5.74, 6) is 1.80. The smallest absolute Gasteiger partial charge is 0.203 e. The number of methoxy groups -OCH3 is 3. The van der Waals surface area contributed by atoms with E-state index < -0.39 is 0 Å². The average molecular weight is 579 g/mol. The molecule has 0 radical (unpaired) electrons. The SMILES string of the molecule is COc1cc(Nc2nc(N)c(-c3nc(-c4c(Cl)c(Cl)nc(Cl)c4Cl)cs3)s2)cc(OC)c1OC. The molecule has 3 N–H and O–H groups in total. The molecule has 0 atom stereocenters. The van der Waals surface area contributed by atoms with Gasteiger partial charge in [-0.25, -0.2) is 15.0 Å². The highest BCUT2D eigenvalue weighted by Crippen LogP contribution is 2.45. The molecule has 8 nitrogen and oxygen atoms in total. The van der Waals surface area contributed by atoms with Crippen LogP contribution in [0.5, 0.6) is 17.2 Å². The molecule has 0 aliphatic heterocycles. The lowest BCUT2D eigenvalue weighted by atomic mass is 10.2. The summed E-state index contributed by atoms with van der Waals surface area (Å²) in [7, 11) is 4.63. The second kappa shape index (κ2) is 10.2. The van der Waals surface area contributed by atoms with Gasteiger partial charge >= 0.3 is 0 Å². The number of halogens is 4. The predicted octanol–water partition coefficient (Wildman–Crippen LogP) is 7.29. The molecule has 0 aliphatic rings. The highest BCUT2D eigenvalue weighted by molar-refractivity contribution is 7.23. The largest absolute Gasteiger partial charge is 0.493 e. The van der Waals surface area contributed by atoms with Crippen molar-refractivity contribution < 1.29 is 14.2 Å². The third kappa shape index (κ3) is 4.66. The molecule has 34 heavy (non-hydrogen) atoms. The minimum Gasteiger partial charge on any atom is -0.493 e. The molecule has 0 amide bonds. The quantitative estimate of drug-likeness (QED) is 0.220. The van der Waals surface area contributed by atoms with Crippen LogP contribution >= 0.6 is 69.1 Å². The summed E-state index contributed by atoms with van der Waals surface area (Å²) < 4.78 is 16.2. The number of ether oxygens (including phenoxy) is 3. The van der Waals surface area contributed by atoms with Crippen molar-refractivity contribution >= 4 is 85.7 Å². The summed E-state index contributed by atoms with van der Waals surface area (Å²) in [6, 6.07) is 3.53. The first-order chi connectivity index (χ1) is 16.3. The Labute approximate surface area is 222 Å². The van der Waals surface area contributed by atoms with E-state index in [1.54, 1.807) is 31.7 Å². The van der Waals surface area contributed by atoms with E-state index in [0.717, 1.165) is 0 Å². The Morgan fingerprint density at radius 3 is 2.06 bits per heavy atom. The molecular formula is C20H15Cl4N5O3S2. The lowest BCUT2D eigenvalue weighted by Crippen LogP contribution is -1.97. The Balaban J connectivity index is 1.67. The summed E-state index contributed by atoms with van der Waals surface area (Å²) in [5.41, 5.74) is 7.76. The number of anilines is 3. The van der Waals surface area contributed by atoms with Gasteiger partial charge in [-0.1, -0.05) is 57.7 Å². The van der Waals surface area contributed by atoms with Crippen molar-refractivity contribution in [3.63, 3.8) is 0 Å². The highest BCUT2D eigenvalue weighted by atomic mass is 35.5. The van der Waals surface area contributed by atoms with Crippen molar-refractivity contribution in [1.29, 1.82) is 0 Å². The molecular weight excluding hydrogens is 564 g/mol. The maximum absolute atomic E-state index is 6.31. The topological polar surface area (TPSA) is 104 Å². The molecule has 3 heterocycles. The Kier molecular flexibility index (Phi) is 7.46. The number of pyridine rings is 1. The zero-order valence-electron chi connectivity index (χ0n) is 17.7. The first-order valence-corrected chi connectivity index (χ1v) is 12.5. The molecule has 178 valence electrons. The van der Waals surface area contributed by atoms with Crippen LogP contribution in [0, 0.1) is 0 Å². The van der Waals surface area contributed by atoms with E-state index in [1.807, 2.05) is 0 Å². The minimum atomic E-state index is 0.0368. The van der Waals surface area contributed by atoms with Gasteiger partial charge in [0.1, 0.15) is 26.0 Å². The number of rotatable bonds is 7. The Hall–Kier alpha value is -2.21. The molecule has 14 heteroatoms. The van der Waals surface area contributed by atoms with Gasteiger partial charge in [-0.15, -0.1) is 11.3 Å². The van der Waals surface area contributed by atoms with Gasteiger partial charge in [0.2, 0.25) is 5.75 Å². The fourth-order valence-electron chi connectivity index (χ4n) is 3.02. The maximum atomic E-state index is 6.31. The summed E-state index contributed by atoms with van der Waals surface area (Å²) in [6.45, 7) is 0. The van der Waals surface area contributed by atoms with Gasteiger partial charge < -0.3 is 25.3 Å². The molecule has 0 bridgehead atoms. The number of nitrogens with one attached hydrogen (secondary N) is 1. The first-order valence-electron chi connectivity index (χ1n) is 9.26. The van der Waals surface area contributed by atoms with E-state index >= 15 is 0 Å². The third-order valence-corrected chi connectivity index (χ3v) is 7.98. The second-order valence-corrected chi connectivity index (χ2v) is 9.84. The molecule has 4 aromatic rings. The van der Waals surface area contributed by atoms with Crippen molar-refractivity contribution in [2.24, 2.45) is 0 Å². The molecule has 0 saturated carbocycles. The number of hydrogen-bond acceptors (Lipinski definition) is 10. The maximum Gasteiger partial charge on any atom is 0.203 e. The van der Waals surface area contributed by atoms with Crippen molar-refractivity contribution in [3.05, 3.63) is 37.9 Å². The Bertz CT molecular complexity index is 1330. The molecule has 0 saturated heterocycles. The number of nitrogens with zero attached hydrogens (tertiary/aromatic N) is 3. The molecule has 4 rings (SSSR count). The number of nitrogens with two attached hydrogens (primary N) is 1. The number of hydrogen-bond donors (Lipinski definition) is 2. The van der Waals surface area contributed by atoms with E-state index in [-0.39, 0.29) is 20.4 Å².